The SMILES string of the molecule is CC(c1ccc(-c2nc(N)nc3nc[nH]c23)cc1)N1CCCC1. The first kappa shape index (κ1) is 14.1. The van der Waals surface area contributed by atoms with Crippen LogP contribution >= 0.6 is 0 Å². The van der Waals surface area contributed by atoms with Crippen molar-refractivity contribution in [1.82, 2.24) is 24.8 Å². The Labute approximate surface area is 134 Å². The van der Waals surface area contributed by atoms with E-state index >= 15 is 0 Å². The zero-order chi connectivity index (χ0) is 15.8. The number of likely N-dealkylation sites (tertiary alicyclic amines) is 1. The predicted octanol–water partition coefficient (Wildman–Crippen LogP) is 2.76. The van der Waals surface area contributed by atoms with Crippen LogP contribution in [0.15, 0.2) is 30.6 Å². The molecule has 0 radical (unpaired) electrons. The maximum Gasteiger partial charge on any atom is 0.222 e. The van der Waals surface area contributed by atoms with E-state index in [-0.39, 0.29) is 5.95 Å². The molecule has 23 heavy (non-hydrogen) atoms. The minimum atomic E-state index is 0.245. The number of hydrogen-bond acceptors (Lipinski definition) is 5. The molecule has 1 aromatic carbocycles. The molecular weight excluding hydrogens is 288 g/mol. The Morgan fingerprint density at radius 3 is 2.61 bits per heavy atom. The van der Waals surface area contributed by atoms with Gasteiger partial charge < -0.3 is 10.7 Å². The van der Waals surface area contributed by atoms with Crippen LogP contribution < -0.4 is 5.73 Å². The van der Waals surface area contributed by atoms with Crippen molar-refractivity contribution in [2.75, 3.05) is 18.8 Å². The van der Waals surface area contributed by atoms with Gasteiger partial charge in [0.1, 0.15) is 11.2 Å². The monoisotopic (exact) mass is 308 g/mol. The normalized spacial score (nSPS) is 16.9. The van der Waals surface area contributed by atoms with E-state index in [9.17, 15) is 0 Å². The number of fused-ring (bicyclic) bond motifs is 1. The number of nitrogens with one attached hydrogen (secondary N) is 1. The molecule has 1 atom stereocenters. The van der Waals surface area contributed by atoms with Crippen molar-refractivity contribution >= 4 is 17.1 Å². The lowest BCUT2D eigenvalue weighted by Gasteiger charge is -2.24. The largest absolute Gasteiger partial charge is 0.368 e. The number of aromatic amines is 1. The summed E-state index contributed by atoms with van der Waals surface area (Å²) < 4.78 is 0. The number of imidazole rings is 1. The van der Waals surface area contributed by atoms with Crippen LogP contribution in [0, 0.1) is 0 Å². The molecule has 0 bridgehead atoms. The van der Waals surface area contributed by atoms with E-state index in [1.807, 2.05) is 0 Å². The molecule has 2 aromatic heterocycles. The van der Waals surface area contributed by atoms with Crippen LogP contribution in [0.1, 0.15) is 31.4 Å². The number of rotatable bonds is 3. The van der Waals surface area contributed by atoms with Gasteiger partial charge in [0, 0.05) is 11.6 Å². The van der Waals surface area contributed by atoms with Gasteiger partial charge in [-0.15, -0.1) is 0 Å². The van der Waals surface area contributed by atoms with Crippen molar-refractivity contribution in [3.63, 3.8) is 0 Å². The maximum atomic E-state index is 5.80. The molecule has 4 rings (SSSR count). The predicted molar refractivity (Wildman–Crippen MR) is 90.8 cm³/mol. The average Bonchev–Trinajstić information content (AvgIpc) is 3.25. The molecule has 3 heterocycles. The molecule has 3 N–H and O–H groups in total. The molecule has 0 saturated carbocycles. The molecule has 1 unspecified atom stereocenters. The number of anilines is 1. The van der Waals surface area contributed by atoms with Crippen LogP contribution in [0.5, 0.6) is 0 Å². The summed E-state index contributed by atoms with van der Waals surface area (Å²) in [5.41, 5.74) is 10.4. The number of aromatic nitrogens is 4. The fourth-order valence-corrected chi connectivity index (χ4v) is 3.32. The lowest BCUT2D eigenvalue weighted by atomic mass is 10.0. The van der Waals surface area contributed by atoms with Gasteiger partial charge in [-0.05, 0) is 38.4 Å². The van der Waals surface area contributed by atoms with E-state index in [0.29, 0.717) is 11.7 Å². The van der Waals surface area contributed by atoms with Crippen LogP contribution in [0.3, 0.4) is 0 Å². The molecule has 1 aliphatic heterocycles. The molecule has 0 spiro atoms. The van der Waals surface area contributed by atoms with Crippen LogP contribution in [0.25, 0.3) is 22.4 Å². The van der Waals surface area contributed by atoms with E-state index in [4.69, 9.17) is 5.73 Å². The lowest BCUT2D eigenvalue weighted by Crippen LogP contribution is -2.23. The molecule has 3 aromatic rings. The van der Waals surface area contributed by atoms with Crippen molar-refractivity contribution < 1.29 is 0 Å². The summed E-state index contributed by atoms with van der Waals surface area (Å²) in [4.78, 5) is 18.3. The van der Waals surface area contributed by atoms with Crippen LogP contribution in [0.4, 0.5) is 5.95 Å². The first-order valence-electron chi connectivity index (χ1n) is 8.03. The van der Waals surface area contributed by atoms with Gasteiger partial charge in [0.05, 0.1) is 6.33 Å². The highest BCUT2D eigenvalue weighted by atomic mass is 15.2. The minimum Gasteiger partial charge on any atom is -0.368 e. The molecule has 6 nitrogen and oxygen atoms in total. The molecule has 1 aliphatic rings. The summed E-state index contributed by atoms with van der Waals surface area (Å²) in [6.07, 6.45) is 4.23. The topological polar surface area (TPSA) is 83.7 Å². The quantitative estimate of drug-likeness (QED) is 0.777. The van der Waals surface area contributed by atoms with Gasteiger partial charge >= 0.3 is 0 Å². The zero-order valence-electron chi connectivity index (χ0n) is 13.2. The smallest absolute Gasteiger partial charge is 0.222 e. The highest BCUT2D eigenvalue weighted by Gasteiger charge is 2.19. The number of nitrogens with zero attached hydrogens (tertiary/aromatic N) is 4. The first-order chi connectivity index (χ1) is 11.2. The number of benzene rings is 1. The Bertz CT molecular complexity index is 817. The van der Waals surface area contributed by atoms with Gasteiger partial charge in [-0.1, -0.05) is 24.3 Å². The third-order valence-corrected chi connectivity index (χ3v) is 4.66. The fraction of sp³-hybridized carbons (Fsp3) is 0.353. The Hall–Kier alpha value is -2.47. The third kappa shape index (κ3) is 2.55. The van der Waals surface area contributed by atoms with Gasteiger partial charge in [0.2, 0.25) is 5.95 Å². The number of nitrogens with two attached hydrogens (primary N) is 1. The second kappa shape index (κ2) is 5.62. The third-order valence-electron chi connectivity index (χ3n) is 4.66. The Balaban J connectivity index is 1.68. The Morgan fingerprint density at radius 1 is 1.13 bits per heavy atom. The van der Waals surface area contributed by atoms with Crippen LogP contribution in [-0.2, 0) is 0 Å². The first-order valence-corrected chi connectivity index (χ1v) is 8.03. The molecule has 118 valence electrons. The highest BCUT2D eigenvalue weighted by molar-refractivity contribution is 5.87. The zero-order valence-corrected chi connectivity index (χ0v) is 13.2. The summed E-state index contributed by atoms with van der Waals surface area (Å²) >= 11 is 0. The molecule has 1 fully saturated rings. The van der Waals surface area contributed by atoms with E-state index in [1.54, 1.807) is 6.33 Å². The van der Waals surface area contributed by atoms with Crippen LogP contribution in [-0.4, -0.2) is 37.9 Å². The summed E-state index contributed by atoms with van der Waals surface area (Å²) in [6, 6.07) is 9.01. The summed E-state index contributed by atoms with van der Waals surface area (Å²) in [5.74, 6) is 0.245. The molecule has 1 saturated heterocycles. The van der Waals surface area contributed by atoms with Gasteiger partial charge in [0.15, 0.2) is 5.65 Å². The van der Waals surface area contributed by atoms with Crippen molar-refractivity contribution in [2.45, 2.75) is 25.8 Å². The standard InChI is InChI=1S/C17H20N6/c1-11(23-8-2-3-9-23)12-4-6-13(7-5-12)14-15-16(20-10-19-15)22-17(18)21-14/h4-7,10-11H,2-3,8-9H2,1H3,(H3,18,19,20,21,22). The molecule has 0 aliphatic carbocycles. The Kier molecular flexibility index (Phi) is 3.46. The second-order valence-corrected chi connectivity index (χ2v) is 6.07. The summed E-state index contributed by atoms with van der Waals surface area (Å²) in [7, 11) is 0. The number of H-pyrrole nitrogens is 1. The van der Waals surface area contributed by atoms with Gasteiger partial charge in [-0.2, -0.15) is 4.98 Å². The average molecular weight is 308 g/mol. The lowest BCUT2D eigenvalue weighted by molar-refractivity contribution is 0.263. The molecule has 6 heteroatoms. The van der Waals surface area contributed by atoms with Crippen LogP contribution in [0.2, 0.25) is 0 Å². The number of nitrogen functional groups attached to an aromatic ring is 1. The second-order valence-electron chi connectivity index (χ2n) is 6.07. The van der Waals surface area contributed by atoms with E-state index in [1.165, 1.54) is 31.5 Å². The fourth-order valence-electron chi connectivity index (χ4n) is 3.32. The number of hydrogen-bond donors (Lipinski definition) is 2. The van der Waals surface area contributed by atoms with Gasteiger partial charge in [-0.25, -0.2) is 9.97 Å². The van der Waals surface area contributed by atoms with Crippen molar-refractivity contribution in [2.24, 2.45) is 0 Å². The summed E-state index contributed by atoms with van der Waals surface area (Å²) in [6.45, 7) is 4.66. The molecule has 0 amide bonds. The van der Waals surface area contributed by atoms with Gasteiger partial charge in [0.25, 0.3) is 0 Å². The molecular formula is C17H20N6. The van der Waals surface area contributed by atoms with E-state index in [2.05, 4.69) is 56.0 Å². The summed E-state index contributed by atoms with van der Waals surface area (Å²) in [5, 5.41) is 0. The van der Waals surface area contributed by atoms with Crippen molar-refractivity contribution in [3.05, 3.63) is 36.2 Å². The van der Waals surface area contributed by atoms with Crippen molar-refractivity contribution in [1.29, 1.82) is 0 Å². The van der Waals surface area contributed by atoms with E-state index in [0.717, 1.165) is 16.8 Å². The minimum absolute atomic E-state index is 0.245. The van der Waals surface area contributed by atoms with Gasteiger partial charge in [-0.3, -0.25) is 4.90 Å². The maximum absolute atomic E-state index is 5.80. The highest BCUT2D eigenvalue weighted by Crippen LogP contribution is 2.28. The van der Waals surface area contributed by atoms with E-state index < -0.39 is 0 Å². The Morgan fingerprint density at radius 2 is 1.87 bits per heavy atom. The van der Waals surface area contributed by atoms with Crippen molar-refractivity contribution in [3.8, 4) is 11.3 Å².